The van der Waals surface area contributed by atoms with E-state index < -0.39 is 6.10 Å². The van der Waals surface area contributed by atoms with Gasteiger partial charge < -0.3 is 14.2 Å². The smallest absolute Gasteiger partial charge is 0.306 e. The summed E-state index contributed by atoms with van der Waals surface area (Å²) in [7, 11) is 0. The Morgan fingerprint density at radius 2 is 0.703 bits per heavy atom. The van der Waals surface area contributed by atoms with Crippen LogP contribution in [-0.2, 0) is 23.8 Å². The summed E-state index contributed by atoms with van der Waals surface area (Å²) < 4.78 is 17.4. The molecular weight excluding hydrogens is 789 g/mol. The molecule has 0 heterocycles. The largest absolute Gasteiger partial charge is 0.462 e. The van der Waals surface area contributed by atoms with Crippen molar-refractivity contribution in [1.82, 2.24) is 0 Å². The highest BCUT2D eigenvalue weighted by atomic mass is 16.6. The van der Waals surface area contributed by atoms with Gasteiger partial charge in [0.05, 0.1) is 6.61 Å². The summed E-state index contributed by atoms with van der Waals surface area (Å²) >= 11 is 0. The molecule has 64 heavy (non-hydrogen) atoms. The van der Waals surface area contributed by atoms with Crippen LogP contribution in [0.5, 0.6) is 0 Å². The van der Waals surface area contributed by atoms with E-state index in [1.165, 1.54) is 116 Å². The number of hydrogen-bond acceptors (Lipinski definition) is 5. The van der Waals surface area contributed by atoms with E-state index in [-0.39, 0.29) is 25.2 Å². The number of esters is 2. The Hall–Kier alpha value is -2.92. The Labute approximate surface area is 397 Å². The number of hydrogen-bond donors (Lipinski definition) is 0. The van der Waals surface area contributed by atoms with Gasteiger partial charge in [-0.3, -0.25) is 9.59 Å². The predicted molar refractivity (Wildman–Crippen MR) is 279 cm³/mol. The lowest BCUT2D eigenvalue weighted by atomic mass is 10.1. The first-order valence-electron chi connectivity index (χ1n) is 27.1. The zero-order valence-corrected chi connectivity index (χ0v) is 42.3. The maximum Gasteiger partial charge on any atom is 0.306 e. The number of rotatable bonds is 49. The highest BCUT2D eigenvalue weighted by Gasteiger charge is 2.17. The van der Waals surface area contributed by atoms with Crippen molar-refractivity contribution in [3.8, 4) is 0 Å². The molecule has 0 aromatic carbocycles. The first-order valence-corrected chi connectivity index (χ1v) is 27.1. The minimum Gasteiger partial charge on any atom is -0.462 e. The highest BCUT2D eigenvalue weighted by molar-refractivity contribution is 5.70. The molecular formula is C59H102O5. The molecule has 0 bridgehead atoms. The van der Waals surface area contributed by atoms with Crippen LogP contribution in [0, 0.1) is 0 Å². The molecule has 0 fully saturated rings. The molecule has 0 N–H and O–H groups in total. The third kappa shape index (κ3) is 51.7. The van der Waals surface area contributed by atoms with Crippen LogP contribution in [0.4, 0.5) is 0 Å². The fourth-order valence-corrected chi connectivity index (χ4v) is 7.42. The van der Waals surface area contributed by atoms with Crippen LogP contribution in [0.2, 0.25) is 0 Å². The highest BCUT2D eigenvalue weighted by Crippen LogP contribution is 2.14. The van der Waals surface area contributed by atoms with Crippen LogP contribution >= 0.6 is 0 Å². The van der Waals surface area contributed by atoms with Crippen LogP contribution in [0.1, 0.15) is 252 Å². The van der Waals surface area contributed by atoms with E-state index >= 15 is 0 Å². The molecule has 0 aromatic rings. The molecule has 0 aliphatic rings. The average Bonchev–Trinajstić information content (AvgIpc) is 3.30. The second kappa shape index (κ2) is 54.4. The zero-order valence-electron chi connectivity index (χ0n) is 42.3. The Morgan fingerprint density at radius 1 is 0.359 bits per heavy atom. The quantitative estimate of drug-likeness (QED) is 0.0346. The zero-order chi connectivity index (χ0) is 46.3. The maximum atomic E-state index is 12.8. The van der Waals surface area contributed by atoms with Gasteiger partial charge in [0.2, 0.25) is 0 Å². The van der Waals surface area contributed by atoms with Crippen LogP contribution in [0.3, 0.4) is 0 Å². The van der Waals surface area contributed by atoms with E-state index in [4.69, 9.17) is 14.2 Å². The monoisotopic (exact) mass is 891 g/mol. The topological polar surface area (TPSA) is 61.8 Å². The van der Waals surface area contributed by atoms with Crippen LogP contribution in [0.25, 0.3) is 0 Å². The Bertz CT molecular complexity index is 1190. The molecule has 0 saturated heterocycles. The van der Waals surface area contributed by atoms with Crippen molar-refractivity contribution in [3.63, 3.8) is 0 Å². The molecule has 5 heteroatoms. The van der Waals surface area contributed by atoms with Crippen molar-refractivity contribution < 1.29 is 23.8 Å². The lowest BCUT2D eigenvalue weighted by Gasteiger charge is -2.18. The third-order valence-electron chi connectivity index (χ3n) is 11.4. The predicted octanol–water partition coefficient (Wildman–Crippen LogP) is 18.5. The lowest BCUT2D eigenvalue weighted by molar-refractivity contribution is -0.163. The molecule has 368 valence electrons. The summed E-state index contributed by atoms with van der Waals surface area (Å²) in [6, 6.07) is 0. The first kappa shape index (κ1) is 61.1. The van der Waals surface area contributed by atoms with Gasteiger partial charge in [0.15, 0.2) is 6.10 Å². The molecule has 0 aliphatic carbocycles. The van der Waals surface area contributed by atoms with Crippen molar-refractivity contribution in [2.45, 2.75) is 258 Å². The maximum absolute atomic E-state index is 12.8. The van der Waals surface area contributed by atoms with Crippen molar-refractivity contribution in [2.75, 3.05) is 19.8 Å². The van der Waals surface area contributed by atoms with Gasteiger partial charge in [-0.2, -0.15) is 0 Å². The molecule has 0 aliphatic heterocycles. The van der Waals surface area contributed by atoms with Crippen molar-refractivity contribution in [1.29, 1.82) is 0 Å². The van der Waals surface area contributed by atoms with E-state index in [1.807, 2.05) is 0 Å². The lowest BCUT2D eigenvalue weighted by Crippen LogP contribution is -2.30. The van der Waals surface area contributed by atoms with Crippen molar-refractivity contribution in [3.05, 3.63) is 85.1 Å². The van der Waals surface area contributed by atoms with Gasteiger partial charge in [0.25, 0.3) is 0 Å². The minimum absolute atomic E-state index is 0.0672. The van der Waals surface area contributed by atoms with Gasteiger partial charge in [0, 0.05) is 19.4 Å². The summed E-state index contributed by atoms with van der Waals surface area (Å²) in [6.07, 6.45) is 71.7. The standard InChI is InChI=1S/C59H102O5/c1-4-7-10-13-16-19-22-25-28-29-30-33-36-39-42-45-48-51-54-62-55-57(64-59(61)53-50-47-44-41-38-35-32-27-24-21-18-15-12-9-6-3)56-63-58(60)52-49-46-43-40-37-34-31-26-23-20-17-14-11-8-5-2/h7-8,10-11,16-17,19-20,25-28,31-32,57H,4-6,9,12-15,18,21-24,29-30,33-56H2,1-3H3/b10-7-,11-8-,19-16-,20-17-,28-25-,31-26-,32-27-. The SMILES string of the molecule is CC/C=C\C/C=C\C/C=C\CCCCCCCCCCOCC(COC(=O)CCCCCCC/C=C\C/C=C\C/C=C\CC)OC(=O)CCCCCCC/C=C\CCCCCCCC. The molecule has 0 rings (SSSR count). The number of ether oxygens (including phenoxy) is 3. The van der Waals surface area contributed by atoms with Crippen LogP contribution < -0.4 is 0 Å². The Balaban J connectivity index is 4.32. The molecule has 0 amide bonds. The normalized spacial score (nSPS) is 12.9. The second-order valence-corrected chi connectivity index (χ2v) is 17.7. The van der Waals surface area contributed by atoms with Gasteiger partial charge in [-0.1, -0.05) is 215 Å². The molecule has 0 spiro atoms. The van der Waals surface area contributed by atoms with E-state index in [0.717, 1.165) is 103 Å². The third-order valence-corrected chi connectivity index (χ3v) is 11.4. The average molecular weight is 891 g/mol. The Morgan fingerprint density at radius 3 is 1.14 bits per heavy atom. The summed E-state index contributed by atoms with van der Waals surface area (Å²) in [5, 5.41) is 0. The van der Waals surface area contributed by atoms with E-state index in [0.29, 0.717) is 19.4 Å². The van der Waals surface area contributed by atoms with Crippen molar-refractivity contribution >= 4 is 11.9 Å². The number of unbranched alkanes of at least 4 members (excludes halogenated alkanes) is 24. The van der Waals surface area contributed by atoms with Gasteiger partial charge in [-0.25, -0.2) is 0 Å². The number of allylic oxidation sites excluding steroid dienone is 14. The summed E-state index contributed by atoms with van der Waals surface area (Å²) in [6.45, 7) is 7.57. The summed E-state index contributed by atoms with van der Waals surface area (Å²) in [4.78, 5) is 25.4. The number of carbonyl (C=O) groups is 2. The second-order valence-electron chi connectivity index (χ2n) is 17.7. The molecule has 1 atom stereocenters. The summed E-state index contributed by atoms with van der Waals surface area (Å²) in [5.41, 5.74) is 0. The van der Waals surface area contributed by atoms with Gasteiger partial charge in [-0.15, -0.1) is 0 Å². The molecule has 5 nitrogen and oxygen atoms in total. The van der Waals surface area contributed by atoms with Crippen LogP contribution in [0.15, 0.2) is 85.1 Å². The fraction of sp³-hybridized carbons (Fsp3) is 0.729. The molecule has 1 unspecified atom stereocenters. The van der Waals surface area contributed by atoms with Crippen molar-refractivity contribution in [2.24, 2.45) is 0 Å². The van der Waals surface area contributed by atoms with E-state index in [1.54, 1.807) is 0 Å². The van der Waals surface area contributed by atoms with Gasteiger partial charge >= 0.3 is 11.9 Å². The van der Waals surface area contributed by atoms with E-state index in [2.05, 4.69) is 106 Å². The van der Waals surface area contributed by atoms with Crippen LogP contribution in [-0.4, -0.2) is 37.9 Å². The van der Waals surface area contributed by atoms with Gasteiger partial charge in [-0.05, 0) is 109 Å². The fourth-order valence-electron chi connectivity index (χ4n) is 7.42. The summed E-state index contributed by atoms with van der Waals surface area (Å²) in [5.74, 6) is -0.428. The molecule has 0 aromatic heterocycles. The van der Waals surface area contributed by atoms with Gasteiger partial charge in [0.1, 0.15) is 6.61 Å². The van der Waals surface area contributed by atoms with E-state index in [9.17, 15) is 9.59 Å². The Kier molecular flexibility index (Phi) is 51.9. The number of carbonyl (C=O) groups excluding carboxylic acids is 2. The minimum atomic E-state index is -0.555. The first-order chi connectivity index (χ1) is 31.6. The molecule has 0 radical (unpaired) electrons. The molecule has 0 saturated carbocycles.